The summed E-state index contributed by atoms with van der Waals surface area (Å²) in [5.74, 6) is 2.82. The number of benzene rings is 1. The molecule has 2 aliphatic heterocycles. The second kappa shape index (κ2) is 14.0. The van der Waals surface area contributed by atoms with Crippen LogP contribution in [0.15, 0.2) is 28.7 Å². The minimum atomic E-state index is 0.643. The summed E-state index contributed by atoms with van der Waals surface area (Å²) >= 11 is 14.8. The van der Waals surface area contributed by atoms with Crippen LogP contribution in [0.25, 0.3) is 5.32 Å². The van der Waals surface area contributed by atoms with E-state index in [1.54, 1.807) is 0 Å². The summed E-state index contributed by atoms with van der Waals surface area (Å²) in [5, 5.41) is 4.56. The molecule has 0 amide bonds. The van der Waals surface area contributed by atoms with Crippen molar-refractivity contribution < 1.29 is 22.4 Å². The standard InChI is InChI=1S/C21H33BrN3S2.O.Tc/c1-24-18-6-7-21(24)20(15-25(11-13-27)10-8-23-9-12-26)19(14-18)16-2-4-17(22)5-3-16;;/h2-5,18-21,26-27H,6-15H2,1H3;;/q-1;;+4/p-2/t18?,19-,20+,21?;;/m1../s1/i;;1+1. The Morgan fingerprint density at radius 2 is 1.86 bits per heavy atom. The Hall–Kier alpha value is 0.729. The molecule has 1 aromatic rings. The average Bonchev–Trinajstić information content (AvgIpc) is 2.98. The van der Waals surface area contributed by atoms with Gasteiger partial charge in [-0.05, 0) is 68.9 Å². The first-order chi connectivity index (χ1) is 14.1. The van der Waals surface area contributed by atoms with Crippen LogP contribution in [0.2, 0.25) is 0 Å². The van der Waals surface area contributed by atoms with Gasteiger partial charge >= 0.3 is 22.4 Å². The van der Waals surface area contributed by atoms with Gasteiger partial charge in [0.2, 0.25) is 0 Å². The third kappa shape index (κ3) is 7.38. The van der Waals surface area contributed by atoms with Crippen molar-refractivity contribution in [2.24, 2.45) is 5.92 Å². The van der Waals surface area contributed by atoms with Crippen molar-refractivity contribution in [2.75, 3.05) is 51.3 Å². The Morgan fingerprint density at radius 3 is 2.52 bits per heavy atom. The number of hydrogen-bond donors (Lipinski definition) is 0. The summed E-state index contributed by atoms with van der Waals surface area (Å²) in [6.45, 7) is 4.81. The third-order valence-corrected chi connectivity index (χ3v) is 7.32. The van der Waals surface area contributed by atoms with Crippen LogP contribution < -0.4 is 0 Å². The van der Waals surface area contributed by atoms with E-state index in [4.69, 9.17) is 28.8 Å². The molecule has 4 atom stereocenters. The summed E-state index contributed by atoms with van der Waals surface area (Å²) in [5.41, 5.74) is 1.50. The first-order valence-corrected chi connectivity index (χ1v) is 13.0. The number of hydrogen-bond acceptors (Lipinski definition) is 5. The Kier molecular flexibility index (Phi) is 12.5. The van der Waals surface area contributed by atoms with Crippen molar-refractivity contribution in [1.29, 1.82) is 0 Å². The molecule has 4 nitrogen and oxygen atoms in total. The number of fused-ring (bicyclic) bond motifs is 2. The van der Waals surface area contributed by atoms with Crippen LogP contribution in [0.4, 0.5) is 0 Å². The maximum atomic E-state index is 8.22. The molecule has 2 aliphatic rings. The van der Waals surface area contributed by atoms with Gasteiger partial charge in [0.25, 0.3) is 0 Å². The van der Waals surface area contributed by atoms with Crippen LogP contribution in [0.5, 0.6) is 0 Å². The van der Waals surface area contributed by atoms with Crippen molar-refractivity contribution >= 4 is 41.2 Å². The number of rotatable bonds is 10. The molecule has 0 spiro atoms. The van der Waals surface area contributed by atoms with E-state index in [9.17, 15) is 0 Å². The summed E-state index contributed by atoms with van der Waals surface area (Å²) in [7, 11) is 2.34. The van der Waals surface area contributed by atoms with Gasteiger partial charge in [-0.15, -0.1) is 6.54 Å². The summed E-state index contributed by atoms with van der Waals surface area (Å²) < 4.78 is 9.38. The molecular weight excluding hydrogens is 553 g/mol. The van der Waals surface area contributed by atoms with E-state index < -0.39 is 0 Å². The van der Waals surface area contributed by atoms with Gasteiger partial charge < -0.3 is 40.4 Å². The number of nitrogens with zero attached hydrogens (tertiary/aromatic N) is 3. The van der Waals surface area contributed by atoms with E-state index in [1.165, 1.54) is 24.8 Å². The molecule has 8 heteroatoms. The van der Waals surface area contributed by atoms with E-state index in [1.807, 2.05) is 0 Å². The molecule has 3 rings (SSSR count). The second-order valence-corrected chi connectivity index (χ2v) is 9.63. The maximum absolute atomic E-state index is 8.22. The van der Waals surface area contributed by atoms with E-state index in [0.717, 1.165) is 73.6 Å². The van der Waals surface area contributed by atoms with Crippen molar-refractivity contribution in [3.63, 3.8) is 0 Å². The van der Waals surface area contributed by atoms with Gasteiger partial charge in [0.15, 0.2) is 0 Å². The van der Waals surface area contributed by atoms with Gasteiger partial charge in [0.1, 0.15) is 0 Å². The molecule has 0 radical (unpaired) electrons. The van der Waals surface area contributed by atoms with Gasteiger partial charge in [-0.25, -0.2) is 0 Å². The average molecular weight is 584 g/mol. The van der Waals surface area contributed by atoms with Crippen molar-refractivity contribution in [2.45, 2.75) is 37.3 Å². The zero-order chi connectivity index (χ0) is 21.2. The van der Waals surface area contributed by atoms with Crippen LogP contribution >= 0.6 is 15.9 Å². The molecule has 2 fully saturated rings. The normalized spacial score (nSPS) is 26.4. The van der Waals surface area contributed by atoms with Crippen molar-refractivity contribution in [1.82, 2.24) is 9.80 Å². The summed E-state index contributed by atoms with van der Waals surface area (Å²) in [6, 6.07) is 10.5. The molecule has 161 valence electrons. The van der Waals surface area contributed by atoms with Gasteiger partial charge in [-0.3, -0.25) is 0 Å². The van der Waals surface area contributed by atoms with E-state index in [0.29, 0.717) is 17.9 Å². The van der Waals surface area contributed by atoms with Gasteiger partial charge in [0.05, 0.1) is 0 Å². The van der Waals surface area contributed by atoms with E-state index in [2.05, 4.69) is 62.4 Å². The molecular formula is C21H31BrN3OS2Tc+. The fraction of sp³-hybridized carbons (Fsp3) is 0.714. The Bertz CT molecular complexity index is 598. The van der Waals surface area contributed by atoms with E-state index in [-0.39, 0.29) is 0 Å². The first-order valence-electron chi connectivity index (χ1n) is 10.3. The monoisotopic (exact) mass is 583 g/mol. The van der Waals surface area contributed by atoms with Gasteiger partial charge in [-0.2, -0.15) is 18.1 Å². The van der Waals surface area contributed by atoms with Crippen molar-refractivity contribution in [3.8, 4) is 0 Å². The first kappa shape index (κ1) is 26.0. The molecule has 2 bridgehead atoms. The van der Waals surface area contributed by atoms with Crippen LogP contribution in [0, 0.1) is 5.92 Å². The Morgan fingerprint density at radius 1 is 1.14 bits per heavy atom. The third-order valence-electron chi connectivity index (χ3n) is 6.43. The fourth-order valence-corrected chi connectivity index (χ4v) is 5.68. The van der Waals surface area contributed by atoms with Crippen LogP contribution in [-0.4, -0.2) is 73.2 Å². The summed E-state index contributed by atoms with van der Waals surface area (Å²) in [6.07, 6.45) is 3.96. The molecule has 0 saturated carbocycles. The molecule has 1 aromatic carbocycles. The molecule has 0 aromatic heterocycles. The van der Waals surface area contributed by atoms with Crippen LogP contribution in [-0.2, 0) is 47.6 Å². The fourth-order valence-electron chi connectivity index (χ4n) is 5.03. The Labute approximate surface area is 206 Å². The van der Waals surface area contributed by atoms with Crippen LogP contribution in [0.3, 0.4) is 0 Å². The van der Waals surface area contributed by atoms with Crippen molar-refractivity contribution in [3.05, 3.63) is 39.6 Å². The summed E-state index contributed by atoms with van der Waals surface area (Å²) in [4.78, 5) is 5.22. The molecule has 0 aliphatic carbocycles. The molecule has 2 saturated heterocycles. The topological polar surface area (TPSA) is 37.7 Å². The van der Waals surface area contributed by atoms with Gasteiger partial charge in [-0.1, -0.05) is 28.1 Å². The molecule has 29 heavy (non-hydrogen) atoms. The SMILES string of the molecule is CN1C2CCC1[C@@H](CN(CC[S-])CC[N-]CC[S-])[C@@H](c1ccc(Br)cc1)C2.[O]=[99Tc+4]. The number of piperidine rings is 1. The zero-order valence-corrected chi connectivity index (χ0v) is 22.1. The molecule has 2 unspecified atom stereocenters. The zero-order valence-electron chi connectivity index (χ0n) is 17.0. The quantitative estimate of drug-likeness (QED) is 0.310. The van der Waals surface area contributed by atoms with E-state index >= 15 is 0 Å². The Balaban J connectivity index is 0.00000145. The predicted molar refractivity (Wildman–Crippen MR) is 124 cm³/mol. The number of halogens is 1. The second-order valence-electron chi connectivity index (χ2n) is 7.90. The van der Waals surface area contributed by atoms with Crippen LogP contribution in [0.1, 0.15) is 30.7 Å². The molecule has 0 N–H and O–H groups in total. The predicted octanol–water partition coefficient (Wildman–Crippen LogP) is 3.66. The van der Waals surface area contributed by atoms with Gasteiger partial charge in [0, 0.05) is 23.1 Å². The minimum absolute atomic E-state index is 0.643. The molecule has 2 heterocycles.